The Labute approximate surface area is 178 Å². The Hall–Kier alpha value is -2.96. The molecule has 0 N–H and O–H groups in total. The summed E-state index contributed by atoms with van der Waals surface area (Å²) in [6.07, 6.45) is -0.204. The molecule has 7 heteroatoms. The highest BCUT2D eigenvalue weighted by Crippen LogP contribution is 2.42. The van der Waals surface area contributed by atoms with Gasteiger partial charge in [-0.05, 0) is 39.2 Å². The lowest BCUT2D eigenvalue weighted by molar-refractivity contribution is 0.0580. The SMILES string of the molecule is CCCOC(=O)OC1=C(C)N(C)C(C)=C(OC(=O)OCCC)C1c1cccc(C)c1. The van der Waals surface area contributed by atoms with Crippen molar-refractivity contribution in [1.29, 1.82) is 0 Å². The Balaban J connectivity index is 2.49. The third-order valence-electron chi connectivity index (χ3n) is 4.85. The predicted octanol–water partition coefficient (Wildman–Crippen LogP) is 5.61. The molecule has 0 atom stereocenters. The predicted molar refractivity (Wildman–Crippen MR) is 113 cm³/mol. The van der Waals surface area contributed by atoms with Crippen molar-refractivity contribution in [2.24, 2.45) is 0 Å². The normalized spacial score (nSPS) is 14.7. The largest absolute Gasteiger partial charge is 0.513 e. The van der Waals surface area contributed by atoms with E-state index in [2.05, 4.69) is 0 Å². The number of nitrogens with zero attached hydrogens (tertiary/aromatic N) is 1. The van der Waals surface area contributed by atoms with Gasteiger partial charge in [-0.15, -0.1) is 0 Å². The molecule has 1 aromatic carbocycles. The van der Waals surface area contributed by atoms with Crippen LogP contribution in [0.5, 0.6) is 0 Å². The molecule has 0 radical (unpaired) electrons. The van der Waals surface area contributed by atoms with E-state index in [1.165, 1.54) is 0 Å². The fraction of sp³-hybridized carbons (Fsp3) is 0.478. The molecule has 0 fully saturated rings. The van der Waals surface area contributed by atoms with E-state index in [1.54, 1.807) is 0 Å². The summed E-state index contributed by atoms with van der Waals surface area (Å²) in [5.74, 6) is 0.116. The van der Waals surface area contributed by atoms with Crippen LogP contribution in [0.25, 0.3) is 0 Å². The smallest absolute Gasteiger partial charge is 0.434 e. The Morgan fingerprint density at radius 2 is 1.40 bits per heavy atom. The summed E-state index contributed by atoms with van der Waals surface area (Å²) in [5.41, 5.74) is 3.31. The van der Waals surface area contributed by atoms with Crippen LogP contribution >= 0.6 is 0 Å². The number of carbonyl (C=O) groups excluding carboxylic acids is 2. The number of carbonyl (C=O) groups is 2. The monoisotopic (exact) mass is 417 g/mol. The van der Waals surface area contributed by atoms with Crippen molar-refractivity contribution < 1.29 is 28.5 Å². The summed E-state index contributed by atoms with van der Waals surface area (Å²) >= 11 is 0. The Morgan fingerprint density at radius 1 is 0.900 bits per heavy atom. The molecule has 0 unspecified atom stereocenters. The Kier molecular flexibility index (Phi) is 8.33. The van der Waals surface area contributed by atoms with E-state index < -0.39 is 18.2 Å². The van der Waals surface area contributed by atoms with Gasteiger partial charge in [-0.3, -0.25) is 0 Å². The minimum Gasteiger partial charge on any atom is -0.434 e. The molecule has 0 aromatic heterocycles. The first-order valence-corrected chi connectivity index (χ1v) is 10.2. The average molecular weight is 418 g/mol. The van der Waals surface area contributed by atoms with E-state index in [0.717, 1.165) is 22.5 Å². The molecule has 1 heterocycles. The molecular formula is C23H31NO6. The third-order valence-corrected chi connectivity index (χ3v) is 4.85. The summed E-state index contributed by atoms with van der Waals surface area (Å²) < 4.78 is 21.5. The van der Waals surface area contributed by atoms with Crippen LogP contribution in [0.4, 0.5) is 9.59 Å². The van der Waals surface area contributed by atoms with E-state index in [0.29, 0.717) is 24.4 Å². The number of hydrogen-bond donors (Lipinski definition) is 0. The number of ether oxygens (including phenoxy) is 4. The van der Waals surface area contributed by atoms with Crippen LogP contribution in [0.15, 0.2) is 47.2 Å². The van der Waals surface area contributed by atoms with Gasteiger partial charge in [0.25, 0.3) is 0 Å². The molecule has 0 spiro atoms. The van der Waals surface area contributed by atoms with Crippen molar-refractivity contribution >= 4 is 12.3 Å². The second-order valence-corrected chi connectivity index (χ2v) is 7.21. The highest BCUT2D eigenvalue weighted by Gasteiger charge is 2.37. The van der Waals surface area contributed by atoms with E-state index in [-0.39, 0.29) is 13.2 Å². The number of allylic oxidation sites excluding steroid dienone is 2. The highest BCUT2D eigenvalue weighted by atomic mass is 16.7. The lowest BCUT2D eigenvalue weighted by Crippen LogP contribution is -2.30. The quantitative estimate of drug-likeness (QED) is 0.534. The number of hydrogen-bond acceptors (Lipinski definition) is 7. The standard InChI is InChI=1S/C23H31NO6/c1-7-12-27-22(25)29-20-16(4)24(6)17(5)21(30-23(26)28-13-8-2)19(20)18-11-9-10-15(3)14-18/h9-11,14,19H,7-8,12-13H2,1-6H3. The van der Waals surface area contributed by atoms with Crippen molar-refractivity contribution in [3.05, 3.63) is 58.3 Å². The summed E-state index contributed by atoms with van der Waals surface area (Å²) in [6, 6.07) is 7.76. The third kappa shape index (κ3) is 5.55. The van der Waals surface area contributed by atoms with Crippen LogP contribution < -0.4 is 0 Å². The average Bonchev–Trinajstić information content (AvgIpc) is 2.72. The van der Waals surface area contributed by atoms with Crippen molar-refractivity contribution in [2.75, 3.05) is 20.3 Å². The van der Waals surface area contributed by atoms with Crippen LogP contribution in [0.3, 0.4) is 0 Å². The molecule has 0 aliphatic carbocycles. The maximum Gasteiger partial charge on any atom is 0.513 e. The zero-order valence-electron chi connectivity index (χ0n) is 18.6. The first-order chi connectivity index (χ1) is 14.3. The zero-order chi connectivity index (χ0) is 22.3. The minimum atomic E-state index is -0.787. The zero-order valence-corrected chi connectivity index (χ0v) is 18.6. The lowest BCUT2D eigenvalue weighted by atomic mass is 9.89. The topological polar surface area (TPSA) is 74.3 Å². The van der Waals surface area contributed by atoms with Gasteiger partial charge in [0.05, 0.1) is 24.6 Å². The molecule has 0 saturated heterocycles. The molecule has 30 heavy (non-hydrogen) atoms. The van der Waals surface area contributed by atoms with Gasteiger partial charge in [0.1, 0.15) is 17.4 Å². The van der Waals surface area contributed by atoms with Gasteiger partial charge in [0.15, 0.2) is 0 Å². The van der Waals surface area contributed by atoms with Gasteiger partial charge in [-0.25, -0.2) is 9.59 Å². The van der Waals surface area contributed by atoms with Crippen LogP contribution in [0, 0.1) is 6.92 Å². The second kappa shape index (κ2) is 10.7. The first-order valence-electron chi connectivity index (χ1n) is 10.2. The van der Waals surface area contributed by atoms with Crippen LogP contribution in [0.1, 0.15) is 57.6 Å². The molecule has 0 amide bonds. The van der Waals surface area contributed by atoms with Gasteiger partial charge < -0.3 is 23.8 Å². The van der Waals surface area contributed by atoms with Crippen molar-refractivity contribution in [3.8, 4) is 0 Å². The fourth-order valence-corrected chi connectivity index (χ4v) is 3.15. The summed E-state index contributed by atoms with van der Waals surface area (Å²) in [5, 5.41) is 0. The van der Waals surface area contributed by atoms with E-state index in [4.69, 9.17) is 18.9 Å². The molecule has 1 aromatic rings. The van der Waals surface area contributed by atoms with Gasteiger partial charge in [-0.2, -0.15) is 0 Å². The molecule has 0 saturated carbocycles. The number of benzene rings is 1. The van der Waals surface area contributed by atoms with Crippen molar-refractivity contribution in [3.63, 3.8) is 0 Å². The number of aryl methyl sites for hydroxylation is 1. The molecule has 164 valence electrons. The summed E-state index contributed by atoms with van der Waals surface area (Å²) in [7, 11) is 1.82. The summed E-state index contributed by atoms with van der Waals surface area (Å²) in [6.45, 7) is 10.00. The Morgan fingerprint density at radius 3 is 1.83 bits per heavy atom. The van der Waals surface area contributed by atoms with Crippen LogP contribution in [-0.4, -0.2) is 37.5 Å². The molecule has 7 nitrogen and oxygen atoms in total. The molecule has 0 bridgehead atoms. The van der Waals surface area contributed by atoms with Gasteiger partial charge in [0, 0.05) is 7.05 Å². The molecular weight excluding hydrogens is 386 g/mol. The van der Waals surface area contributed by atoms with Crippen LogP contribution in [-0.2, 0) is 18.9 Å². The lowest BCUT2D eigenvalue weighted by Gasteiger charge is -2.35. The van der Waals surface area contributed by atoms with E-state index in [1.807, 2.05) is 70.8 Å². The maximum atomic E-state index is 12.3. The van der Waals surface area contributed by atoms with Gasteiger partial charge >= 0.3 is 12.3 Å². The maximum absolute atomic E-state index is 12.3. The van der Waals surface area contributed by atoms with Crippen LogP contribution in [0.2, 0.25) is 0 Å². The van der Waals surface area contributed by atoms with Gasteiger partial charge in [-0.1, -0.05) is 43.7 Å². The highest BCUT2D eigenvalue weighted by molar-refractivity contribution is 5.65. The molecule has 1 aliphatic heterocycles. The molecule has 2 rings (SSSR count). The second-order valence-electron chi connectivity index (χ2n) is 7.21. The fourth-order valence-electron chi connectivity index (χ4n) is 3.15. The summed E-state index contributed by atoms with van der Waals surface area (Å²) in [4.78, 5) is 26.4. The number of rotatable bonds is 7. The van der Waals surface area contributed by atoms with E-state index >= 15 is 0 Å². The van der Waals surface area contributed by atoms with Crippen molar-refractivity contribution in [1.82, 2.24) is 4.90 Å². The minimum absolute atomic E-state index is 0.262. The Bertz CT molecular complexity index is 796. The first kappa shape index (κ1) is 23.3. The van der Waals surface area contributed by atoms with Gasteiger partial charge in [0.2, 0.25) is 0 Å². The molecule has 1 aliphatic rings. The van der Waals surface area contributed by atoms with Crippen molar-refractivity contribution in [2.45, 2.75) is 53.4 Å². The van der Waals surface area contributed by atoms with E-state index in [9.17, 15) is 9.59 Å².